The Hall–Kier alpha value is -3.71. The fourth-order valence-electron chi connectivity index (χ4n) is 3.30. The van der Waals surface area contributed by atoms with Crippen LogP contribution in [0.2, 0.25) is 0 Å². The standard InChI is InChI=1S/C26H22BrN3O3/c1-17-8-11-20(12-9-17)28-25(31)16-33-24-13-10-19(15-23(24)27)14-22-18(2)29-30(26(22)32)21-6-4-3-5-7-21/h3-15H,16H2,1-2H3,(H,28,31)/b22-14+. The lowest BCUT2D eigenvalue weighted by Crippen LogP contribution is -2.21. The molecule has 0 saturated heterocycles. The van der Waals surface area contributed by atoms with E-state index in [-0.39, 0.29) is 18.4 Å². The number of ether oxygens (including phenoxy) is 1. The van der Waals surface area contributed by atoms with Gasteiger partial charge in [-0.1, -0.05) is 42.0 Å². The van der Waals surface area contributed by atoms with Crippen LogP contribution in [0.25, 0.3) is 6.08 Å². The highest BCUT2D eigenvalue weighted by Gasteiger charge is 2.28. The van der Waals surface area contributed by atoms with Gasteiger partial charge in [-0.3, -0.25) is 9.59 Å². The number of carbonyl (C=O) groups excluding carboxylic acids is 2. The Kier molecular flexibility index (Phi) is 6.70. The van der Waals surface area contributed by atoms with Crippen LogP contribution in [-0.4, -0.2) is 24.1 Å². The molecule has 2 amide bonds. The van der Waals surface area contributed by atoms with Crippen LogP contribution >= 0.6 is 15.9 Å². The predicted octanol–water partition coefficient (Wildman–Crippen LogP) is 5.58. The number of rotatable bonds is 6. The SMILES string of the molecule is CC1=NN(c2ccccc2)C(=O)/C1=C/c1ccc(OCC(=O)Nc2ccc(C)cc2)c(Br)c1. The number of hydrazone groups is 1. The van der Waals surface area contributed by atoms with Gasteiger partial charge < -0.3 is 10.1 Å². The van der Waals surface area contributed by atoms with Crippen LogP contribution < -0.4 is 15.1 Å². The van der Waals surface area contributed by atoms with Gasteiger partial charge in [0.2, 0.25) is 0 Å². The monoisotopic (exact) mass is 503 g/mol. The molecule has 0 aliphatic carbocycles. The number of para-hydroxylation sites is 1. The van der Waals surface area contributed by atoms with Gasteiger partial charge in [-0.05, 0) is 77.8 Å². The second-order valence-corrected chi connectivity index (χ2v) is 8.44. The molecule has 0 spiro atoms. The largest absolute Gasteiger partial charge is 0.483 e. The third-order valence-corrected chi connectivity index (χ3v) is 5.64. The Morgan fingerprint density at radius 3 is 2.48 bits per heavy atom. The molecule has 0 saturated carbocycles. The summed E-state index contributed by atoms with van der Waals surface area (Å²) < 4.78 is 6.34. The predicted molar refractivity (Wildman–Crippen MR) is 134 cm³/mol. The number of nitrogens with zero attached hydrogens (tertiary/aromatic N) is 2. The van der Waals surface area contributed by atoms with Gasteiger partial charge in [0.1, 0.15) is 5.75 Å². The minimum absolute atomic E-state index is 0.122. The topological polar surface area (TPSA) is 71.0 Å². The minimum atomic E-state index is -0.249. The molecule has 0 fully saturated rings. The minimum Gasteiger partial charge on any atom is -0.483 e. The number of benzene rings is 3. The Morgan fingerprint density at radius 2 is 1.79 bits per heavy atom. The molecule has 1 N–H and O–H groups in total. The quantitative estimate of drug-likeness (QED) is 0.446. The van der Waals surface area contributed by atoms with E-state index in [2.05, 4.69) is 26.3 Å². The first-order chi connectivity index (χ1) is 15.9. The van der Waals surface area contributed by atoms with Gasteiger partial charge in [-0.15, -0.1) is 0 Å². The summed E-state index contributed by atoms with van der Waals surface area (Å²) in [4.78, 5) is 25.1. The maximum atomic E-state index is 12.9. The van der Waals surface area contributed by atoms with Crippen molar-refractivity contribution in [3.8, 4) is 5.75 Å². The molecule has 0 atom stereocenters. The van der Waals surface area contributed by atoms with Crippen LogP contribution in [0, 0.1) is 6.92 Å². The van der Waals surface area contributed by atoms with E-state index in [0.29, 0.717) is 21.5 Å². The fourth-order valence-corrected chi connectivity index (χ4v) is 3.81. The lowest BCUT2D eigenvalue weighted by Gasteiger charge is -2.11. The van der Waals surface area contributed by atoms with Gasteiger partial charge in [0.25, 0.3) is 11.8 Å². The highest BCUT2D eigenvalue weighted by Crippen LogP contribution is 2.29. The molecular formula is C26H22BrN3O3. The molecule has 1 aliphatic heterocycles. The summed E-state index contributed by atoms with van der Waals surface area (Å²) in [6, 6.07) is 22.3. The van der Waals surface area contributed by atoms with Crippen LogP contribution in [0.15, 0.2) is 87.9 Å². The van der Waals surface area contributed by atoms with E-state index >= 15 is 0 Å². The van der Waals surface area contributed by atoms with E-state index in [4.69, 9.17) is 4.74 Å². The maximum Gasteiger partial charge on any atom is 0.280 e. The van der Waals surface area contributed by atoms with Crippen molar-refractivity contribution < 1.29 is 14.3 Å². The number of hydrogen-bond donors (Lipinski definition) is 1. The molecule has 0 aromatic heterocycles. The average molecular weight is 504 g/mol. The summed E-state index contributed by atoms with van der Waals surface area (Å²) in [5.74, 6) is 0.106. The maximum absolute atomic E-state index is 12.9. The first-order valence-electron chi connectivity index (χ1n) is 10.4. The molecule has 1 heterocycles. The number of amides is 2. The van der Waals surface area contributed by atoms with Crippen LogP contribution in [0.1, 0.15) is 18.1 Å². The van der Waals surface area contributed by atoms with Crippen molar-refractivity contribution in [2.45, 2.75) is 13.8 Å². The van der Waals surface area contributed by atoms with Crippen molar-refractivity contribution in [2.24, 2.45) is 5.10 Å². The van der Waals surface area contributed by atoms with Crippen molar-refractivity contribution in [2.75, 3.05) is 16.9 Å². The smallest absolute Gasteiger partial charge is 0.280 e. The molecule has 4 rings (SSSR count). The lowest BCUT2D eigenvalue weighted by atomic mass is 10.1. The van der Waals surface area contributed by atoms with Crippen LogP contribution in [0.3, 0.4) is 0 Å². The third kappa shape index (κ3) is 5.38. The van der Waals surface area contributed by atoms with Crippen LogP contribution in [0.4, 0.5) is 11.4 Å². The van der Waals surface area contributed by atoms with Gasteiger partial charge in [0.15, 0.2) is 6.61 Å². The lowest BCUT2D eigenvalue weighted by molar-refractivity contribution is -0.118. The Labute approximate surface area is 200 Å². The molecular weight excluding hydrogens is 482 g/mol. The fraction of sp³-hybridized carbons (Fsp3) is 0.115. The highest BCUT2D eigenvalue weighted by atomic mass is 79.9. The molecule has 0 unspecified atom stereocenters. The number of carbonyl (C=O) groups is 2. The summed E-state index contributed by atoms with van der Waals surface area (Å²) in [6.07, 6.45) is 1.79. The van der Waals surface area contributed by atoms with E-state index < -0.39 is 0 Å². The first kappa shape index (κ1) is 22.5. The molecule has 3 aromatic rings. The van der Waals surface area contributed by atoms with Crippen molar-refractivity contribution in [3.63, 3.8) is 0 Å². The molecule has 0 radical (unpaired) electrons. The average Bonchev–Trinajstić information content (AvgIpc) is 3.09. The number of anilines is 2. The molecule has 33 heavy (non-hydrogen) atoms. The van der Waals surface area contributed by atoms with Crippen molar-refractivity contribution in [1.82, 2.24) is 0 Å². The van der Waals surface area contributed by atoms with E-state index in [0.717, 1.165) is 22.5 Å². The van der Waals surface area contributed by atoms with Gasteiger partial charge in [0.05, 0.1) is 21.4 Å². The van der Waals surface area contributed by atoms with Crippen LogP contribution in [-0.2, 0) is 9.59 Å². The number of hydrogen-bond acceptors (Lipinski definition) is 4. The second kappa shape index (κ2) is 9.83. The summed E-state index contributed by atoms with van der Waals surface area (Å²) in [5.41, 5.74) is 4.55. The zero-order valence-corrected chi connectivity index (χ0v) is 19.8. The summed E-state index contributed by atoms with van der Waals surface area (Å²) in [7, 11) is 0. The molecule has 1 aliphatic rings. The second-order valence-electron chi connectivity index (χ2n) is 7.59. The Morgan fingerprint density at radius 1 is 1.06 bits per heavy atom. The zero-order chi connectivity index (χ0) is 23.4. The number of halogens is 1. The number of nitrogens with one attached hydrogen (secondary N) is 1. The van der Waals surface area contributed by atoms with E-state index in [1.165, 1.54) is 5.01 Å². The first-order valence-corrected chi connectivity index (χ1v) is 11.2. The van der Waals surface area contributed by atoms with Crippen molar-refractivity contribution in [3.05, 3.63) is 94.0 Å². The molecule has 3 aromatic carbocycles. The van der Waals surface area contributed by atoms with Gasteiger partial charge in [-0.25, -0.2) is 0 Å². The molecule has 0 bridgehead atoms. The van der Waals surface area contributed by atoms with E-state index in [9.17, 15) is 9.59 Å². The number of aryl methyl sites for hydroxylation is 1. The van der Waals surface area contributed by atoms with E-state index in [1.54, 1.807) is 12.1 Å². The highest BCUT2D eigenvalue weighted by molar-refractivity contribution is 9.10. The Balaban J connectivity index is 1.41. The molecule has 7 heteroatoms. The summed E-state index contributed by atoms with van der Waals surface area (Å²) in [5, 5.41) is 8.60. The van der Waals surface area contributed by atoms with Gasteiger partial charge in [0, 0.05) is 5.69 Å². The van der Waals surface area contributed by atoms with Crippen LogP contribution in [0.5, 0.6) is 5.75 Å². The van der Waals surface area contributed by atoms with E-state index in [1.807, 2.05) is 80.6 Å². The van der Waals surface area contributed by atoms with Gasteiger partial charge in [-0.2, -0.15) is 10.1 Å². The van der Waals surface area contributed by atoms with Crippen molar-refractivity contribution in [1.29, 1.82) is 0 Å². The molecule has 166 valence electrons. The zero-order valence-electron chi connectivity index (χ0n) is 18.2. The summed E-state index contributed by atoms with van der Waals surface area (Å²) in [6.45, 7) is 3.68. The summed E-state index contributed by atoms with van der Waals surface area (Å²) >= 11 is 3.49. The third-order valence-electron chi connectivity index (χ3n) is 5.02. The van der Waals surface area contributed by atoms with Crippen molar-refractivity contribution >= 4 is 50.9 Å². The molecule has 6 nitrogen and oxygen atoms in total. The van der Waals surface area contributed by atoms with Gasteiger partial charge >= 0.3 is 0 Å². The normalized spacial score (nSPS) is 14.4. The Bertz CT molecular complexity index is 1250.